The van der Waals surface area contributed by atoms with Gasteiger partial charge in [0, 0.05) is 26.1 Å². The van der Waals surface area contributed by atoms with Crippen LogP contribution in [0.1, 0.15) is 31.7 Å². The van der Waals surface area contributed by atoms with Gasteiger partial charge >= 0.3 is 6.36 Å². The lowest BCUT2D eigenvalue weighted by atomic mass is 9.80. The van der Waals surface area contributed by atoms with Gasteiger partial charge < -0.3 is 15.0 Å². The van der Waals surface area contributed by atoms with E-state index >= 15 is 0 Å². The van der Waals surface area contributed by atoms with Crippen molar-refractivity contribution in [2.75, 3.05) is 19.6 Å². The Morgan fingerprint density at radius 3 is 2.67 bits per heavy atom. The summed E-state index contributed by atoms with van der Waals surface area (Å²) in [5, 5.41) is 2.74. The molecule has 0 saturated carbocycles. The zero-order valence-electron chi connectivity index (χ0n) is 14.9. The summed E-state index contributed by atoms with van der Waals surface area (Å²) in [6, 6.07) is 5.86. The maximum absolute atomic E-state index is 12.8. The van der Waals surface area contributed by atoms with Gasteiger partial charge in [-0.2, -0.15) is 0 Å². The molecule has 2 heterocycles. The first kappa shape index (κ1) is 19.3. The number of carbonyl (C=O) groups is 2. The second kappa shape index (κ2) is 7.25. The fourth-order valence-corrected chi connectivity index (χ4v) is 3.43. The van der Waals surface area contributed by atoms with Crippen molar-refractivity contribution in [2.24, 2.45) is 5.41 Å². The number of nitrogens with zero attached hydrogens (tertiary/aromatic N) is 1. The standard InChI is InChI=1S/C19H21F3N2O3/c1-18(8-5-16(25)23-12-18)17(26)24-9-6-13(7-10-24)14-3-2-4-15(11-14)27-19(20,21)22/h2-4,6,11H,5,7-10,12H2,1H3,(H,23,25). The molecule has 1 saturated heterocycles. The first-order valence-electron chi connectivity index (χ1n) is 8.78. The summed E-state index contributed by atoms with van der Waals surface area (Å²) in [6.07, 6.45) is -1.47. The van der Waals surface area contributed by atoms with Gasteiger partial charge in [-0.1, -0.05) is 18.2 Å². The number of halogens is 3. The maximum atomic E-state index is 12.8. The monoisotopic (exact) mass is 382 g/mol. The summed E-state index contributed by atoms with van der Waals surface area (Å²) in [5.74, 6) is -0.307. The number of rotatable bonds is 3. The lowest BCUT2D eigenvalue weighted by Crippen LogP contribution is -2.52. The summed E-state index contributed by atoms with van der Waals surface area (Å²) < 4.78 is 41.1. The van der Waals surface area contributed by atoms with E-state index in [1.165, 1.54) is 18.2 Å². The van der Waals surface area contributed by atoms with Crippen LogP contribution in [0.5, 0.6) is 5.75 Å². The average molecular weight is 382 g/mol. The Morgan fingerprint density at radius 1 is 1.30 bits per heavy atom. The molecule has 0 aliphatic carbocycles. The van der Waals surface area contributed by atoms with Crippen LogP contribution in [0, 0.1) is 5.41 Å². The molecule has 0 spiro atoms. The number of nitrogens with one attached hydrogen (secondary N) is 1. The number of piperidine rings is 1. The molecule has 1 unspecified atom stereocenters. The van der Waals surface area contributed by atoms with Gasteiger partial charge in [0.25, 0.3) is 0 Å². The highest BCUT2D eigenvalue weighted by molar-refractivity contribution is 5.87. The number of alkyl halides is 3. The Hall–Kier alpha value is -2.51. The van der Waals surface area contributed by atoms with Crippen LogP contribution in [0.25, 0.3) is 5.57 Å². The molecule has 0 radical (unpaired) electrons. The minimum Gasteiger partial charge on any atom is -0.406 e. The van der Waals surface area contributed by atoms with E-state index in [1.807, 2.05) is 13.0 Å². The molecule has 1 aromatic carbocycles. The van der Waals surface area contributed by atoms with Gasteiger partial charge in [-0.15, -0.1) is 13.2 Å². The number of benzene rings is 1. The van der Waals surface area contributed by atoms with Crippen molar-refractivity contribution in [1.82, 2.24) is 10.2 Å². The zero-order chi connectivity index (χ0) is 19.7. The quantitative estimate of drug-likeness (QED) is 0.874. The topological polar surface area (TPSA) is 58.6 Å². The number of hydrogen-bond acceptors (Lipinski definition) is 3. The molecule has 1 aromatic rings. The molecule has 5 nitrogen and oxygen atoms in total. The number of carbonyl (C=O) groups excluding carboxylic acids is 2. The van der Waals surface area contributed by atoms with Crippen LogP contribution in [0.2, 0.25) is 0 Å². The van der Waals surface area contributed by atoms with Crippen LogP contribution in [-0.2, 0) is 9.59 Å². The van der Waals surface area contributed by atoms with Crippen LogP contribution in [-0.4, -0.2) is 42.7 Å². The molecule has 3 rings (SSSR count). The first-order valence-corrected chi connectivity index (χ1v) is 8.78. The predicted octanol–water partition coefficient (Wildman–Crippen LogP) is 3.12. The molecule has 2 aliphatic rings. The average Bonchev–Trinajstić information content (AvgIpc) is 2.63. The molecular weight excluding hydrogens is 361 g/mol. The SMILES string of the molecule is CC1(C(=O)N2CC=C(c3cccc(OC(F)(F)F)c3)CC2)CCC(=O)NC1. The first-order chi connectivity index (χ1) is 12.7. The normalized spacial score (nSPS) is 23.5. The number of amides is 2. The van der Waals surface area contributed by atoms with Crippen molar-refractivity contribution >= 4 is 17.4 Å². The molecule has 1 N–H and O–H groups in total. The molecule has 2 amide bonds. The van der Waals surface area contributed by atoms with E-state index in [4.69, 9.17) is 0 Å². The third-order valence-corrected chi connectivity index (χ3v) is 5.03. The number of ether oxygens (including phenoxy) is 1. The van der Waals surface area contributed by atoms with Crippen LogP contribution in [0.4, 0.5) is 13.2 Å². The number of hydrogen-bond donors (Lipinski definition) is 1. The van der Waals surface area contributed by atoms with Gasteiger partial charge in [0.2, 0.25) is 11.8 Å². The predicted molar refractivity (Wildman–Crippen MR) is 92.6 cm³/mol. The van der Waals surface area contributed by atoms with E-state index in [2.05, 4.69) is 10.1 Å². The van der Waals surface area contributed by atoms with Gasteiger partial charge in [-0.05, 0) is 43.0 Å². The van der Waals surface area contributed by atoms with Gasteiger partial charge in [0.1, 0.15) is 5.75 Å². The fourth-order valence-electron chi connectivity index (χ4n) is 3.43. The molecule has 0 bridgehead atoms. The van der Waals surface area contributed by atoms with E-state index in [9.17, 15) is 22.8 Å². The van der Waals surface area contributed by atoms with Gasteiger partial charge in [0.05, 0.1) is 5.41 Å². The summed E-state index contributed by atoms with van der Waals surface area (Å²) in [5.41, 5.74) is 0.925. The van der Waals surface area contributed by atoms with Crippen LogP contribution < -0.4 is 10.1 Å². The highest BCUT2D eigenvalue weighted by Gasteiger charge is 2.40. The summed E-state index contributed by atoms with van der Waals surface area (Å²) in [7, 11) is 0. The van der Waals surface area contributed by atoms with Gasteiger partial charge in [-0.3, -0.25) is 9.59 Å². The van der Waals surface area contributed by atoms with Gasteiger partial charge in [0.15, 0.2) is 0 Å². The lowest BCUT2D eigenvalue weighted by molar-refractivity contribution is -0.274. The van der Waals surface area contributed by atoms with E-state index in [0.29, 0.717) is 44.5 Å². The third kappa shape index (κ3) is 4.61. The Labute approximate surface area is 155 Å². The molecule has 146 valence electrons. The largest absolute Gasteiger partial charge is 0.573 e. The molecule has 1 atom stereocenters. The van der Waals surface area contributed by atoms with Crippen molar-refractivity contribution in [1.29, 1.82) is 0 Å². The summed E-state index contributed by atoms with van der Waals surface area (Å²) in [6.45, 7) is 3.06. The summed E-state index contributed by atoms with van der Waals surface area (Å²) in [4.78, 5) is 25.9. The van der Waals surface area contributed by atoms with Crippen molar-refractivity contribution in [3.8, 4) is 5.75 Å². The molecule has 1 fully saturated rings. The minimum atomic E-state index is -4.73. The van der Waals surface area contributed by atoms with Crippen LogP contribution >= 0.6 is 0 Å². The molecule has 8 heteroatoms. The Morgan fingerprint density at radius 2 is 2.07 bits per heavy atom. The van der Waals surface area contributed by atoms with E-state index < -0.39 is 11.8 Å². The second-order valence-electron chi connectivity index (χ2n) is 7.14. The second-order valence-corrected chi connectivity index (χ2v) is 7.14. The highest BCUT2D eigenvalue weighted by Crippen LogP contribution is 2.32. The highest BCUT2D eigenvalue weighted by atomic mass is 19.4. The zero-order valence-corrected chi connectivity index (χ0v) is 14.9. The van der Waals surface area contributed by atoms with Crippen LogP contribution in [0.3, 0.4) is 0 Å². The third-order valence-electron chi connectivity index (χ3n) is 5.03. The minimum absolute atomic E-state index is 0.00745. The summed E-state index contributed by atoms with van der Waals surface area (Å²) >= 11 is 0. The van der Waals surface area contributed by atoms with E-state index in [0.717, 1.165) is 5.57 Å². The van der Waals surface area contributed by atoms with Gasteiger partial charge in [-0.25, -0.2) is 0 Å². The van der Waals surface area contributed by atoms with Crippen molar-refractivity contribution in [3.05, 3.63) is 35.9 Å². The molecule has 2 aliphatic heterocycles. The van der Waals surface area contributed by atoms with E-state index in [-0.39, 0.29) is 17.6 Å². The smallest absolute Gasteiger partial charge is 0.406 e. The molecule has 0 aromatic heterocycles. The van der Waals surface area contributed by atoms with Crippen LogP contribution in [0.15, 0.2) is 30.3 Å². The van der Waals surface area contributed by atoms with Crippen molar-refractivity contribution in [3.63, 3.8) is 0 Å². The van der Waals surface area contributed by atoms with E-state index in [1.54, 1.807) is 11.0 Å². The fraction of sp³-hybridized carbons (Fsp3) is 0.474. The Bertz CT molecular complexity index is 764. The maximum Gasteiger partial charge on any atom is 0.573 e. The molecule has 27 heavy (non-hydrogen) atoms. The Kier molecular flexibility index (Phi) is 5.17. The van der Waals surface area contributed by atoms with Crippen molar-refractivity contribution in [2.45, 2.75) is 32.5 Å². The Balaban J connectivity index is 1.67. The van der Waals surface area contributed by atoms with Crippen molar-refractivity contribution < 1.29 is 27.5 Å². The lowest BCUT2D eigenvalue weighted by Gasteiger charge is -2.38. The molecular formula is C19H21F3N2O3.